The van der Waals surface area contributed by atoms with Crippen LogP contribution in [0.5, 0.6) is 0 Å². The summed E-state index contributed by atoms with van der Waals surface area (Å²) < 4.78 is 23.3. The van der Waals surface area contributed by atoms with Gasteiger partial charge in [0.05, 0.1) is 18.4 Å². The van der Waals surface area contributed by atoms with Crippen molar-refractivity contribution >= 4 is 21.9 Å². The van der Waals surface area contributed by atoms with Gasteiger partial charge in [0.15, 0.2) is 0 Å². The van der Waals surface area contributed by atoms with Crippen molar-refractivity contribution in [3.63, 3.8) is 0 Å². The molecule has 0 bridgehead atoms. The smallest absolute Gasteiger partial charge is 0.335 e. The van der Waals surface area contributed by atoms with E-state index in [4.69, 9.17) is 5.11 Å². The van der Waals surface area contributed by atoms with Crippen molar-refractivity contribution in [2.45, 2.75) is 6.42 Å². The first-order chi connectivity index (χ1) is 9.70. The molecule has 21 heavy (non-hydrogen) atoms. The van der Waals surface area contributed by atoms with Crippen LogP contribution in [-0.4, -0.2) is 56.1 Å². The summed E-state index contributed by atoms with van der Waals surface area (Å²) in [6.45, 7) is 0.0630. The summed E-state index contributed by atoms with van der Waals surface area (Å²) in [5, 5.41) is 11.5. The zero-order valence-corrected chi connectivity index (χ0v) is 12.7. The fraction of sp³-hybridized carbons (Fsp3) is 0.385. The van der Waals surface area contributed by atoms with Crippen molar-refractivity contribution in [1.82, 2.24) is 9.62 Å². The normalized spacial score (nSPS) is 11.4. The third-order valence-corrected chi connectivity index (χ3v) is 4.10. The second-order valence-corrected chi connectivity index (χ2v) is 6.71. The molecule has 1 amide bonds. The number of hydrogen-bond donors (Lipinski definition) is 2. The minimum Gasteiger partial charge on any atom is -0.478 e. The molecule has 1 aromatic rings. The first-order valence-corrected chi connectivity index (χ1v) is 8.05. The van der Waals surface area contributed by atoms with Crippen molar-refractivity contribution in [3.8, 4) is 0 Å². The number of sulfonamides is 1. The Hall–Kier alpha value is -1.93. The van der Waals surface area contributed by atoms with Crippen LogP contribution < -0.4 is 5.32 Å². The Morgan fingerprint density at radius 2 is 2.00 bits per heavy atom. The molecule has 0 aromatic heterocycles. The molecule has 0 unspecified atom stereocenters. The summed E-state index contributed by atoms with van der Waals surface area (Å²) in [6, 6.07) is 6.43. The van der Waals surface area contributed by atoms with E-state index in [1.54, 1.807) is 12.1 Å². The lowest BCUT2D eigenvalue weighted by Crippen LogP contribution is -2.38. The second-order valence-electron chi connectivity index (χ2n) is 4.62. The molecular formula is C13H18N2O5S. The first-order valence-electron chi connectivity index (χ1n) is 6.20. The highest BCUT2D eigenvalue weighted by atomic mass is 32.2. The summed E-state index contributed by atoms with van der Waals surface area (Å²) in [4.78, 5) is 22.4. The highest BCUT2D eigenvalue weighted by Gasteiger charge is 2.14. The number of benzene rings is 1. The Morgan fingerprint density at radius 3 is 2.57 bits per heavy atom. The molecule has 0 saturated heterocycles. The fourth-order valence-electron chi connectivity index (χ4n) is 1.58. The molecule has 0 saturated carbocycles. The monoisotopic (exact) mass is 314 g/mol. The van der Waals surface area contributed by atoms with Crippen molar-refractivity contribution in [2.75, 3.05) is 26.4 Å². The standard InChI is InChI=1S/C13H18N2O5S/c1-15(21(2,19)20)9-12(16)14-7-6-10-4-3-5-11(8-10)13(17)18/h3-5,8H,6-7,9H2,1-2H3,(H,14,16)(H,17,18). The number of carbonyl (C=O) groups is 2. The average Bonchev–Trinajstić information content (AvgIpc) is 2.37. The van der Waals surface area contributed by atoms with E-state index in [2.05, 4.69) is 5.32 Å². The minimum atomic E-state index is -3.38. The zero-order chi connectivity index (χ0) is 16.0. The van der Waals surface area contributed by atoms with Gasteiger partial charge in [-0.2, -0.15) is 4.31 Å². The number of amides is 1. The van der Waals surface area contributed by atoms with E-state index in [9.17, 15) is 18.0 Å². The Morgan fingerprint density at radius 1 is 1.33 bits per heavy atom. The van der Waals surface area contributed by atoms with Crippen LogP contribution in [0.3, 0.4) is 0 Å². The van der Waals surface area contributed by atoms with E-state index in [0.717, 1.165) is 16.1 Å². The highest BCUT2D eigenvalue weighted by molar-refractivity contribution is 7.88. The van der Waals surface area contributed by atoms with Crippen molar-refractivity contribution < 1.29 is 23.1 Å². The first kappa shape index (κ1) is 17.1. The quantitative estimate of drug-likeness (QED) is 0.733. The third kappa shape index (κ3) is 5.92. The van der Waals surface area contributed by atoms with E-state index >= 15 is 0 Å². The van der Waals surface area contributed by atoms with Crippen molar-refractivity contribution in [2.24, 2.45) is 0 Å². The van der Waals surface area contributed by atoms with Crippen LogP contribution in [0, 0.1) is 0 Å². The van der Waals surface area contributed by atoms with Gasteiger partial charge in [0.25, 0.3) is 0 Å². The maximum Gasteiger partial charge on any atom is 0.335 e. The molecule has 0 radical (unpaired) electrons. The summed E-state index contributed by atoms with van der Waals surface area (Å²) >= 11 is 0. The average molecular weight is 314 g/mol. The largest absolute Gasteiger partial charge is 0.478 e. The Labute approximate surface area is 123 Å². The van der Waals surface area contributed by atoms with Crippen LogP contribution in [0.2, 0.25) is 0 Å². The number of carboxylic acid groups (broad SMARTS) is 1. The second kappa shape index (κ2) is 7.19. The molecule has 1 rings (SSSR count). The Bertz CT molecular complexity index is 627. The van der Waals surface area contributed by atoms with Gasteiger partial charge in [-0.15, -0.1) is 0 Å². The molecule has 116 valence electrons. The summed E-state index contributed by atoms with van der Waals surface area (Å²) in [6.07, 6.45) is 1.49. The predicted octanol–water partition coefficient (Wildman–Crippen LogP) is -0.0651. The van der Waals surface area contributed by atoms with Crippen LogP contribution in [0.15, 0.2) is 24.3 Å². The molecule has 0 aliphatic carbocycles. The van der Waals surface area contributed by atoms with Crippen LogP contribution in [-0.2, 0) is 21.2 Å². The van der Waals surface area contributed by atoms with Gasteiger partial charge >= 0.3 is 5.97 Å². The SMILES string of the molecule is CN(CC(=O)NCCc1cccc(C(=O)O)c1)S(C)(=O)=O. The van der Waals surface area contributed by atoms with Gasteiger partial charge in [-0.25, -0.2) is 13.2 Å². The topological polar surface area (TPSA) is 104 Å². The van der Waals surface area contributed by atoms with E-state index in [1.165, 1.54) is 19.2 Å². The molecule has 0 spiro atoms. The Kier molecular flexibility index (Phi) is 5.86. The number of likely N-dealkylation sites (N-methyl/N-ethyl adjacent to an activating group) is 1. The number of rotatable bonds is 7. The van der Waals surface area contributed by atoms with E-state index in [0.29, 0.717) is 13.0 Å². The number of aromatic carboxylic acids is 1. The Balaban J connectivity index is 2.45. The van der Waals surface area contributed by atoms with Gasteiger partial charge in [-0.1, -0.05) is 12.1 Å². The van der Waals surface area contributed by atoms with Crippen molar-refractivity contribution in [3.05, 3.63) is 35.4 Å². The summed E-state index contributed by atoms with van der Waals surface area (Å²) in [5.41, 5.74) is 0.974. The number of hydrogen-bond acceptors (Lipinski definition) is 4. The lowest BCUT2D eigenvalue weighted by molar-refractivity contribution is -0.121. The zero-order valence-electron chi connectivity index (χ0n) is 11.9. The molecule has 0 aliphatic rings. The molecule has 1 aromatic carbocycles. The number of carboxylic acids is 1. The molecule has 8 heteroatoms. The molecule has 2 N–H and O–H groups in total. The molecule has 7 nitrogen and oxygen atoms in total. The molecule has 0 atom stereocenters. The lowest BCUT2D eigenvalue weighted by Gasteiger charge is -2.13. The van der Waals surface area contributed by atoms with Crippen LogP contribution in [0.1, 0.15) is 15.9 Å². The van der Waals surface area contributed by atoms with Gasteiger partial charge in [0.1, 0.15) is 0 Å². The van der Waals surface area contributed by atoms with Gasteiger partial charge in [-0.3, -0.25) is 4.79 Å². The predicted molar refractivity (Wildman–Crippen MR) is 77.6 cm³/mol. The lowest BCUT2D eigenvalue weighted by atomic mass is 10.1. The van der Waals surface area contributed by atoms with Gasteiger partial charge in [-0.05, 0) is 24.1 Å². The number of nitrogens with one attached hydrogen (secondary N) is 1. The van der Waals surface area contributed by atoms with Gasteiger partial charge < -0.3 is 10.4 Å². The van der Waals surface area contributed by atoms with E-state index in [1.807, 2.05) is 0 Å². The van der Waals surface area contributed by atoms with Crippen LogP contribution in [0.4, 0.5) is 0 Å². The van der Waals surface area contributed by atoms with E-state index in [-0.39, 0.29) is 12.1 Å². The minimum absolute atomic E-state index is 0.190. The summed E-state index contributed by atoms with van der Waals surface area (Å²) in [5.74, 6) is -1.41. The molecular weight excluding hydrogens is 296 g/mol. The van der Waals surface area contributed by atoms with Gasteiger partial charge in [0, 0.05) is 13.6 Å². The summed E-state index contributed by atoms with van der Waals surface area (Å²) in [7, 11) is -2.06. The van der Waals surface area contributed by atoms with Gasteiger partial charge in [0.2, 0.25) is 15.9 Å². The molecule has 0 fully saturated rings. The fourth-order valence-corrected chi connectivity index (χ4v) is 1.93. The van der Waals surface area contributed by atoms with E-state index < -0.39 is 21.9 Å². The third-order valence-electron chi connectivity index (χ3n) is 2.84. The van der Waals surface area contributed by atoms with Crippen LogP contribution >= 0.6 is 0 Å². The molecule has 0 aliphatic heterocycles. The maximum atomic E-state index is 11.6. The maximum absolute atomic E-state index is 11.6. The van der Waals surface area contributed by atoms with Crippen LogP contribution in [0.25, 0.3) is 0 Å². The number of carbonyl (C=O) groups excluding carboxylic acids is 1. The highest BCUT2D eigenvalue weighted by Crippen LogP contribution is 2.05. The van der Waals surface area contributed by atoms with Crippen molar-refractivity contribution in [1.29, 1.82) is 0 Å². The molecule has 0 heterocycles. The number of nitrogens with zero attached hydrogens (tertiary/aromatic N) is 1.